The van der Waals surface area contributed by atoms with Gasteiger partial charge in [0.25, 0.3) is 11.6 Å². The summed E-state index contributed by atoms with van der Waals surface area (Å²) in [5.74, 6) is -0.506. The first kappa shape index (κ1) is 15.4. The minimum absolute atomic E-state index is 0.0392. The number of benzene rings is 2. The zero-order valence-electron chi connectivity index (χ0n) is 11.3. The fourth-order valence-corrected chi connectivity index (χ4v) is 1.91. The standard InChI is InChI=1S/C14H12N4O3S/c15-14(22)17-12-7-6-10(18(20)21)8-11(12)13(19)16-9-4-2-1-3-5-9/h1-8H,(H,16,19)(H3,15,17,22). The van der Waals surface area contributed by atoms with Crippen molar-refractivity contribution in [2.24, 2.45) is 5.73 Å². The molecule has 8 heteroatoms. The number of rotatable bonds is 4. The molecule has 0 aliphatic carbocycles. The van der Waals surface area contributed by atoms with Gasteiger partial charge in [-0.2, -0.15) is 0 Å². The molecule has 7 nitrogen and oxygen atoms in total. The number of para-hydroxylation sites is 1. The number of non-ortho nitro benzene ring substituents is 1. The molecule has 22 heavy (non-hydrogen) atoms. The second-order valence-electron chi connectivity index (χ2n) is 4.30. The molecule has 0 aromatic heterocycles. The van der Waals surface area contributed by atoms with Crippen molar-refractivity contribution in [1.29, 1.82) is 0 Å². The molecule has 0 aliphatic heterocycles. The lowest BCUT2D eigenvalue weighted by atomic mass is 10.1. The second kappa shape index (κ2) is 6.64. The quantitative estimate of drug-likeness (QED) is 0.454. The highest BCUT2D eigenvalue weighted by molar-refractivity contribution is 7.80. The normalized spacial score (nSPS) is 9.82. The first-order valence-electron chi connectivity index (χ1n) is 6.18. The van der Waals surface area contributed by atoms with Gasteiger partial charge in [-0.3, -0.25) is 14.9 Å². The highest BCUT2D eigenvalue weighted by Crippen LogP contribution is 2.23. The lowest BCUT2D eigenvalue weighted by Crippen LogP contribution is -2.22. The van der Waals surface area contributed by atoms with Gasteiger partial charge in [0.1, 0.15) is 0 Å². The molecule has 0 saturated heterocycles. The van der Waals surface area contributed by atoms with Crippen LogP contribution in [0.2, 0.25) is 0 Å². The molecule has 2 rings (SSSR count). The summed E-state index contributed by atoms with van der Waals surface area (Å²) in [6, 6.07) is 12.6. The lowest BCUT2D eigenvalue weighted by Gasteiger charge is -2.11. The van der Waals surface area contributed by atoms with Gasteiger partial charge in [-0.05, 0) is 30.4 Å². The van der Waals surface area contributed by atoms with E-state index in [-0.39, 0.29) is 16.4 Å². The topological polar surface area (TPSA) is 110 Å². The first-order chi connectivity index (χ1) is 10.5. The van der Waals surface area contributed by atoms with Gasteiger partial charge in [-0.1, -0.05) is 18.2 Å². The van der Waals surface area contributed by atoms with Crippen LogP contribution in [0.15, 0.2) is 48.5 Å². The van der Waals surface area contributed by atoms with E-state index in [4.69, 9.17) is 18.0 Å². The third-order valence-electron chi connectivity index (χ3n) is 2.75. The van der Waals surface area contributed by atoms with Gasteiger partial charge in [0.05, 0.1) is 16.2 Å². The van der Waals surface area contributed by atoms with Crippen molar-refractivity contribution in [3.8, 4) is 0 Å². The molecule has 0 atom stereocenters. The number of nitro groups is 1. The van der Waals surface area contributed by atoms with Gasteiger partial charge in [-0.25, -0.2) is 0 Å². The number of thiocarbonyl (C=S) groups is 1. The Labute approximate surface area is 131 Å². The molecule has 0 fully saturated rings. The van der Waals surface area contributed by atoms with Crippen molar-refractivity contribution in [2.75, 3.05) is 10.6 Å². The fourth-order valence-electron chi connectivity index (χ4n) is 1.80. The number of carbonyl (C=O) groups is 1. The number of hydrogen-bond donors (Lipinski definition) is 3. The third kappa shape index (κ3) is 3.76. The van der Waals surface area contributed by atoms with E-state index >= 15 is 0 Å². The number of nitrogens with two attached hydrogens (primary N) is 1. The van der Waals surface area contributed by atoms with E-state index in [0.29, 0.717) is 11.4 Å². The van der Waals surface area contributed by atoms with Crippen LogP contribution in [0.1, 0.15) is 10.4 Å². The Hall–Kier alpha value is -3.00. The van der Waals surface area contributed by atoms with Crippen molar-refractivity contribution in [3.05, 3.63) is 64.2 Å². The molecule has 2 aromatic rings. The van der Waals surface area contributed by atoms with Crippen LogP contribution in [-0.2, 0) is 0 Å². The molecule has 4 N–H and O–H groups in total. The summed E-state index contributed by atoms with van der Waals surface area (Å²) in [5, 5.41) is 16.1. The van der Waals surface area contributed by atoms with Crippen LogP contribution in [0.4, 0.5) is 17.1 Å². The number of carbonyl (C=O) groups excluding carboxylic acids is 1. The maximum Gasteiger partial charge on any atom is 0.270 e. The summed E-state index contributed by atoms with van der Waals surface area (Å²) >= 11 is 4.74. The van der Waals surface area contributed by atoms with Crippen LogP contribution >= 0.6 is 12.2 Å². The van der Waals surface area contributed by atoms with Crippen molar-refractivity contribution >= 4 is 40.3 Å². The van der Waals surface area contributed by atoms with Gasteiger partial charge in [0.2, 0.25) is 0 Å². The van der Waals surface area contributed by atoms with Gasteiger partial charge in [0, 0.05) is 17.8 Å². The van der Waals surface area contributed by atoms with Crippen LogP contribution in [0.5, 0.6) is 0 Å². The van der Waals surface area contributed by atoms with Crippen LogP contribution in [-0.4, -0.2) is 15.9 Å². The summed E-state index contributed by atoms with van der Waals surface area (Å²) < 4.78 is 0. The monoisotopic (exact) mass is 316 g/mol. The van der Waals surface area contributed by atoms with E-state index in [2.05, 4.69) is 10.6 Å². The van der Waals surface area contributed by atoms with Crippen LogP contribution < -0.4 is 16.4 Å². The van der Waals surface area contributed by atoms with E-state index in [1.165, 1.54) is 18.2 Å². The lowest BCUT2D eigenvalue weighted by molar-refractivity contribution is -0.384. The summed E-state index contributed by atoms with van der Waals surface area (Å²) in [6.07, 6.45) is 0. The van der Waals surface area contributed by atoms with E-state index in [1.54, 1.807) is 24.3 Å². The molecule has 0 aliphatic rings. The predicted octanol–water partition coefficient (Wildman–Crippen LogP) is 2.50. The van der Waals surface area contributed by atoms with Gasteiger partial charge in [0.15, 0.2) is 5.11 Å². The number of nitrogens with zero attached hydrogens (tertiary/aromatic N) is 1. The second-order valence-corrected chi connectivity index (χ2v) is 4.74. The SMILES string of the molecule is NC(=S)Nc1ccc([N+](=O)[O-])cc1C(=O)Nc1ccccc1. The Bertz CT molecular complexity index is 734. The Morgan fingerprint density at radius 1 is 1.14 bits per heavy atom. The predicted molar refractivity (Wildman–Crippen MR) is 87.9 cm³/mol. The third-order valence-corrected chi connectivity index (χ3v) is 2.85. The highest BCUT2D eigenvalue weighted by Gasteiger charge is 2.17. The van der Waals surface area contributed by atoms with Crippen molar-refractivity contribution in [2.45, 2.75) is 0 Å². The van der Waals surface area contributed by atoms with Gasteiger partial charge < -0.3 is 16.4 Å². The summed E-state index contributed by atoms with van der Waals surface area (Å²) in [6.45, 7) is 0. The zero-order valence-corrected chi connectivity index (χ0v) is 12.1. The van der Waals surface area contributed by atoms with Crippen molar-refractivity contribution in [1.82, 2.24) is 0 Å². The van der Waals surface area contributed by atoms with Crippen molar-refractivity contribution < 1.29 is 9.72 Å². The molecule has 0 bridgehead atoms. The van der Waals surface area contributed by atoms with E-state index in [0.717, 1.165) is 0 Å². The summed E-state index contributed by atoms with van der Waals surface area (Å²) in [7, 11) is 0. The number of nitro benzene ring substituents is 1. The van der Waals surface area contributed by atoms with Crippen LogP contribution in [0.3, 0.4) is 0 Å². The molecule has 112 valence electrons. The minimum Gasteiger partial charge on any atom is -0.376 e. The first-order valence-corrected chi connectivity index (χ1v) is 6.59. The summed E-state index contributed by atoms with van der Waals surface area (Å²) in [4.78, 5) is 22.6. The Balaban J connectivity index is 2.37. The molecule has 0 unspecified atom stereocenters. The molecule has 0 saturated carbocycles. The van der Waals surface area contributed by atoms with Crippen LogP contribution in [0.25, 0.3) is 0 Å². The maximum atomic E-state index is 12.3. The van der Waals surface area contributed by atoms with E-state index < -0.39 is 10.8 Å². The minimum atomic E-state index is -0.580. The largest absolute Gasteiger partial charge is 0.376 e. The Morgan fingerprint density at radius 2 is 1.82 bits per heavy atom. The highest BCUT2D eigenvalue weighted by atomic mass is 32.1. The van der Waals surface area contributed by atoms with Crippen LogP contribution in [0, 0.1) is 10.1 Å². The van der Waals surface area contributed by atoms with Crippen molar-refractivity contribution in [3.63, 3.8) is 0 Å². The Kier molecular flexibility index (Phi) is 4.64. The maximum absolute atomic E-state index is 12.3. The molecule has 0 radical (unpaired) electrons. The van der Waals surface area contributed by atoms with Gasteiger partial charge >= 0.3 is 0 Å². The number of anilines is 2. The smallest absolute Gasteiger partial charge is 0.270 e. The van der Waals surface area contributed by atoms with E-state index in [9.17, 15) is 14.9 Å². The van der Waals surface area contributed by atoms with E-state index in [1.807, 2.05) is 6.07 Å². The number of hydrogen-bond acceptors (Lipinski definition) is 4. The molecular formula is C14H12N4O3S. The summed E-state index contributed by atoms with van der Waals surface area (Å²) in [5.41, 5.74) is 6.14. The molecule has 1 amide bonds. The molecular weight excluding hydrogens is 304 g/mol. The zero-order chi connectivity index (χ0) is 16.1. The number of nitrogens with one attached hydrogen (secondary N) is 2. The molecule has 0 spiro atoms. The van der Waals surface area contributed by atoms with Gasteiger partial charge in [-0.15, -0.1) is 0 Å². The fraction of sp³-hybridized carbons (Fsp3) is 0. The Morgan fingerprint density at radius 3 is 2.41 bits per heavy atom. The molecule has 0 heterocycles. The average molecular weight is 316 g/mol. The average Bonchev–Trinajstić information content (AvgIpc) is 2.47. The molecule has 2 aromatic carbocycles. The number of amides is 1.